The molecule has 0 fully saturated rings. The van der Waals surface area contributed by atoms with E-state index < -0.39 is 26.9 Å². The molecule has 2 amide bonds. The van der Waals surface area contributed by atoms with Gasteiger partial charge in [0.15, 0.2) is 5.37 Å². The minimum atomic E-state index is -4.82. The molecule has 1 N–H and O–H groups in total. The van der Waals surface area contributed by atoms with Crippen LogP contribution < -0.4 is 34.9 Å². The molecule has 2 aromatic carbocycles. The van der Waals surface area contributed by atoms with Crippen molar-refractivity contribution in [1.82, 2.24) is 10.2 Å². The van der Waals surface area contributed by atoms with Gasteiger partial charge in [-0.1, -0.05) is 65.3 Å². The van der Waals surface area contributed by atoms with Crippen molar-refractivity contribution in [2.45, 2.75) is 15.6 Å². The molecule has 0 spiro atoms. The molecule has 0 saturated carbocycles. The van der Waals surface area contributed by atoms with Gasteiger partial charge in [0.25, 0.3) is 0 Å². The summed E-state index contributed by atoms with van der Waals surface area (Å²) in [7, 11) is -4.82. The number of hydrogen-bond acceptors (Lipinski definition) is 5. The minimum absolute atomic E-state index is 0. The molecule has 11 heteroatoms. The molecule has 3 rings (SSSR count). The van der Waals surface area contributed by atoms with Gasteiger partial charge in [0.05, 0.1) is 5.03 Å². The quantitative estimate of drug-likeness (QED) is 0.405. The van der Waals surface area contributed by atoms with Crippen LogP contribution in [0.2, 0.25) is 5.02 Å². The van der Waals surface area contributed by atoms with Gasteiger partial charge in [-0.3, -0.25) is 4.90 Å². The van der Waals surface area contributed by atoms with Crippen LogP contribution in [0.3, 0.4) is 0 Å². The van der Waals surface area contributed by atoms with Gasteiger partial charge < -0.3 is 9.87 Å². The number of benzene rings is 2. The van der Waals surface area contributed by atoms with E-state index in [2.05, 4.69) is 5.32 Å². The molecule has 1 heterocycles. The summed E-state index contributed by atoms with van der Waals surface area (Å²) in [5, 5.41) is 0.122. The predicted octanol–water partition coefficient (Wildman–Crippen LogP) is 1.11. The Kier molecular flexibility index (Phi) is 8.30. The Morgan fingerprint density at radius 2 is 1.68 bits per heavy atom. The minimum Gasteiger partial charge on any atom is -0.746 e. The average Bonchev–Trinajstić information content (AvgIpc) is 2.63. The van der Waals surface area contributed by atoms with Gasteiger partial charge in [0.1, 0.15) is 15.5 Å². The molecule has 6 nitrogen and oxygen atoms in total. The van der Waals surface area contributed by atoms with Crippen LogP contribution >= 0.6 is 35.0 Å². The number of amides is 2. The number of nitrogens with one attached hydrogen (secondary N) is 1. The van der Waals surface area contributed by atoms with E-state index in [1.807, 2.05) is 30.3 Å². The Bertz CT molecular complexity index is 972. The van der Waals surface area contributed by atoms with Crippen molar-refractivity contribution in [3.63, 3.8) is 0 Å². The molecule has 1 aliphatic rings. The summed E-state index contributed by atoms with van der Waals surface area (Å²) in [4.78, 5) is 14.6. The molecule has 2 unspecified atom stereocenters. The van der Waals surface area contributed by atoms with Crippen LogP contribution in [0.4, 0.5) is 4.79 Å². The van der Waals surface area contributed by atoms with Crippen molar-refractivity contribution >= 4 is 51.1 Å². The van der Waals surface area contributed by atoms with Crippen LogP contribution in [-0.2, 0) is 10.1 Å². The van der Waals surface area contributed by atoms with Crippen molar-refractivity contribution in [1.29, 1.82) is 0 Å². The van der Waals surface area contributed by atoms with Crippen LogP contribution in [0.5, 0.6) is 0 Å². The number of carbonyl (C=O) groups excluding carboxylic acids is 1. The molecule has 142 valence electrons. The number of hydrogen-bond donors (Lipinski definition) is 1. The molecule has 2 aromatic rings. The Labute approximate surface area is 199 Å². The van der Waals surface area contributed by atoms with E-state index >= 15 is 0 Å². The van der Waals surface area contributed by atoms with Crippen molar-refractivity contribution in [2.75, 3.05) is 0 Å². The van der Waals surface area contributed by atoms with Crippen LogP contribution in [0.15, 0.2) is 70.7 Å². The van der Waals surface area contributed by atoms with Gasteiger partial charge >= 0.3 is 35.6 Å². The first-order valence-electron chi connectivity index (χ1n) is 7.63. The Morgan fingerprint density at radius 1 is 1.07 bits per heavy atom. The second-order valence-corrected chi connectivity index (χ2v) is 9.06. The SMILES string of the molecule is O=C1NC(S(=O)(=O)[O-])C(Cl)=CN1C(Sc1ccc(Cl)cc1)c1ccccc1.[Na+]. The zero-order valence-electron chi connectivity index (χ0n) is 14.6. The fraction of sp³-hybridized carbons (Fsp3) is 0.118. The third-order valence-corrected chi connectivity index (χ3v) is 6.60. The third-order valence-electron chi connectivity index (χ3n) is 3.69. The molecular weight excluding hydrogens is 454 g/mol. The second kappa shape index (κ2) is 9.86. The van der Waals surface area contributed by atoms with Crippen LogP contribution in [0, 0.1) is 0 Å². The smallest absolute Gasteiger partial charge is 0.746 e. The van der Waals surface area contributed by atoms with Gasteiger partial charge in [-0.15, -0.1) is 0 Å². The summed E-state index contributed by atoms with van der Waals surface area (Å²) in [6.07, 6.45) is 1.18. The number of halogens is 2. The van der Waals surface area contributed by atoms with E-state index in [0.717, 1.165) is 10.5 Å². The van der Waals surface area contributed by atoms with Gasteiger partial charge in [0, 0.05) is 16.1 Å². The van der Waals surface area contributed by atoms with Gasteiger partial charge in [-0.25, -0.2) is 13.2 Å². The summed E-state index contributed by atoms with van der Waals surface area (Å²) in [6.45, 7) is 0. The number of thioether (sulfide) groups is 1. The molecule has 2 atom stereocenters. The topological polar surface area (TPSA) is 89.5 Å². The molecule has 28 heavy (non-hydrogen) atoms. The summed E-state index contributed by atoms with van der Waals surface area (Å²) >= 11 is 13.2. The van der Waals surface area contributed by atoms with Crippen LogP contribution in [0.25, 0.3) is 0 Å². The summed E-state index contributed by atoms with van der Waals surface area (Å²) in [5.41, 5.74) is 0.789. The summed E-state index contributed by atoms with van der Waals surface area (Å²) in [6, 6.07) is 15.5. The average molecular weight is 467 g/mol. The Balaban J connectivity index is 0.00000280. The molecular formula is C17H13Cl2N2NaO4S2. The van der Waals surface area contributed by atoms with Crippen molar-refractivity contribution < 1.29 is 47.3 Å². The molecule has 1 aliphatic heterocycles. The van der Waals surface area contributed by atoms with Crippen molar-refractivity contribution in [2.24, 2.45) is 0 Å². The number of urea groups is 1. The first-order valence-corrected chi connectivity index (χ1v) is 10.7. The van der Waals surface area contributed by atoms with Crippen molar-refractivity contribution in [3.05, 3.63) is 76.4 Å². The molecule has 0 bridgehead atoms. The monoisotopic (exact) mass is 466 g/mol. The Hall–Kier alpha value is -0.710. The van der Waals surface area contributed by atoms with E-state index in [9.17, 15) is 17.8 Å². The summed E-state index contributed by atoms with van der Waals surface area (Å²) < 4.78 is 33.8. The van der Waals surface area contributed by atoms with E-state index in [-0.39, 0.29) is 34.6 Å². The molecule has 0 saturated heterocycles. The van der Waals surface area contributed by atoms with Crippen molar-refractivity contribution in [3.8, 4) is 0 Å². The van der Waals surface area contributed by atoms with Crippen LogP contribution in [0.1, 0.15) is 10.9 Å². The second-order valence-electron chi connectivity index (χ2n) is 5.58. The van der Waals surface area contributed by atoms with E-state index in [0.29, 0.717) is 5.02 Å². The fourth-order valence-electron chi connectivity index (χ4n) is 2.44. The van der Waals surface area contributed by atoms with Gasteiger partial charge in [-0.2, -0.15) is 0 Å². The third kappa shape index (κ3) is 5.67. The van der Waals surface area contributed by atoms with E-state index in [1.165, 1.54) is 22.9 Å². The Morgan fingerprint density at radius 3 is 2.25 bits per heavy atom. The maximum absolute atomic E-state index is 12.5. The maximum Gasteiger partial charge on any atom is 1.00 e. The van der Waals surface area contributed by atoms with E-state index in [1.54, 1.807) is 24.3 Å². The number of rotatable bonds is 5. The first kappa shape index (κ1) is 23.6. The van der Waals surface area contributed by atoms with E-state index in [4.69, 9.17) is 23.2 Å². The predicted molar refractivity (Wildman–Crippen MR) is 104 cm³/mol. The fourth-order valence-corrected chi connectivity index (χ4v) is 4.75. The maximum atomic E-state index is 12.5. The largest absolute Gasteiger partial charge is 1.00 e. The number of nitrogens with zero attached hydrogens (tertiary/aromatic N) is 1. The summed E-state index contributed by atoms with van der Waals surface area (Å²) in [5.74, 6) is 0. The zero-order chi connectivity index (χ0) is 19.6. The standard InChI is InChI=1S/C17H14Cl2N2O4S2.Na/c18-12-6-8-13(9-7-12)26-16(11-4-2-1-3-5-11)21-10-14(19)15(20-17(21)22)27(23,24)25;/h1-10,15-16H,(H,20,22)(H,23,24,25);/q;+1/p-1. The van der Waals surface area contributed by atoms with Gasteiger partial charge in [0.2, 0.25) is 0 Å². The molecule has 0 aliphatic carbocycles. The molecule has 0 radical (unpaired) electrons. The first-order chi connectivity index (χ1) is 12.8. The molecule has 0 aromatic heterocycles. The normalized spacial score (nSPS) is 18.0. The number of carbonyl (C=O) groups is 1. The van der Waals surface area contributed by atoms with Gasteiger partial charge in [-0.05, 0) is 29.8 Å². The zero-order valence-corrected chi connectivity index (χ0v) is 19.7. The van der Waals surface area contributed by atoms with Crippen LogP contribution in [-0.4, -0.2) is 29.3 Å².